The molecule has 5 aromatic rings. The summed E-state index contributed by atoms with van der Waals surface area (Å²) in [6.45, 7) is 6.46. The van der Waals surface area contributed by atoms with Crippen molar-refractivity contribution in [1.82, 2.24) is 29.4 Å². The van der Waals surface area contributed by atoms with Crippen LogP contribution in [-0.4, -0.2) is 41.3 Å². The first-order chi connectivity index (χ1) is 18.8. The van der Waals surface area contributed by atoms with Gasteiger partial charge in [0.05, 0.1) is 46.6 Å². The summed E-state index contributed by atoms with van der Waals surface area (Å²) in [7, 11) is 0. The average Bonchev–Trinajstić information content (AvgIpc) is 3.59. The minimum atomic E-state index is -0.545. The maximum Gasteiger partial charge on any atom is 0.262 e. The fourth-order valence-electron chi connectivity index (χ4n) is 5.20. The summed E-state index contributed by atoms with van der Waals surface area (Å²) in [6, 6.07) is 20.0. The molecule has 0 N–H and O–H groups in total. The van der Waals surface area contributed by atoms with E-state index in [0.717, 1.165) is 28.0 Å². The van der Waals surface area contributed by atoms with E-state index in [2.05, 4.69) is 24.2 Å². The molecule has 2 amide bonds. The number of carbonyl (C=O) groups is 2. The van der Waals surface area contributed by atoms with E-state index in [1.165, 1.54) is 4.90 Å². The minimum absolute atomic E-state index is 0.208. The Labute approximate surface area is 230 Å². The second-order valence-corrected chi connectivity index (χ2v) is 10.8. The van der Waals surface area contributed by atoms with Crippen molar-refractivity contribution in [3.05, 3.63) is 106 Å². The molecule has 196 valence electrons. The molecule has 1 aliphatic rings. The molecule has 0 saturated carbocycles. The van der Waals surface area contributed by atoms with Gasteiger partial charge < -0.3 is 4.57 Å². The molecule has 6 rings (SSSR count). The van der Waals surface area contributed by atoms with E-state index in [-0.39, 0.29) is 17.7 Å². The zero-order chi connectivity index (χ0) is 27.3. The van der Waals surface area contributed by atoms with Crippen LogP contribution in [0.2, 0.25) is 5.02 Å². The van der Waals surface area contributed by atoms with Crippen molar-refractivity contribution < 1.29 is 9.59 Å². The Morgan fingerprint density at radius 2 is 1.67 bits per heavy atom. The number of aryl methyl sites for hydroxylation is 1. The highest BCUT2D eigenvalue weighted by atomic mass is 35.5. The summed E-state index contributed by atoms with van der Waals surface area (Å²) in [5.74, 6) is 0.293. The number of para-hydroxylation sites is 2. The summed E-state index contributed by atoms with van der Waals surface area (Å²) >= 11 is 6.04. The van der Waals surface area contributed by atoms with Crippen LogP contribution in [0, 0.1) is 12.8 Å². The van der Waals surface area contributed by atoms with E-state index in [1.807, 2.05) is 60.2 Å². The molecular formula is C30H27ClN6O2. The first-order valence-corrected chi connectivity index (χ1v) is 13.3. The van der Waals surface area contributed by atoms with Gasteiger partial charge in [-0.2, -0.15) is 0 Å². The van der Waals surface area contributed by atoms with Crippen LogP contribution < -0.4 is 0 Å². The molecule has 0 spiro atoms. The highest BCUT2D eigenvalue weighted by Gasteiger charge is 2.42. The molecule has 0 saturated heterocycles. The van der Waals surface area contributed by atoms with Gasteiger partial charge in [-0.3, -0.25) is 14.5 Å². The number of rotatable bonds is 7. The fourth-order valence-corrected chi connectivity index (χ4v) is 5.32. The van der Waals surface area contributed by atoms with E-state index in [4.69, 9.17) is 16.6 Å². The zero-order valence-electron chi connectivity index (χ0n) is 21.9. The highest BCUT2D eigenvalue weighted by molar-refractivity contribution is 6.30. The minimum Gasteiger partial charge on any atom is -0.320 e. The fraction of sp³-hybridized carbons (Fsp3) is 0.233. The second kappa shape index (κ2) is 9.78. The zero-order valence-corrected chi connectivity index (χ0v) is 22.6. The molecule has 3 aromatic carbocycles. The van der Waals surface area contributed by atoms with Crippen molar-refractivity contribution in [2.45, 2.75) is 39.8 Å². The van der Waals surface area contributed by atoms with Crippen LogP contribution in [0.5, 0.6) is 0 Å². The first kappa shape index (κ1) is 25.0. The van der Waals surface area contributed by atoms with Crippen molar-refractivity contribution in [3.8, 4) is 5.69 Å². The number of fused-ring (bicyclic) bond motifs is 2. The van der Waals surface area contributed by atoms with Gasteiger partial charge in [-0.15, -0.1) is 5.10 Å². The Balaban J connectivity index is 1.43. The topological polar surface area (TPSA) is 85.9 Å². The van der Waals surface area contributed by atoms with Crippen LogP contribution in [0.15, 0.2) is 72.9 Å². The maximum absolute atomic E-state index is 13.7. The van der Waals surface area contributed by atoms with Gasteiger partial charge in [0.1, 0.15) is 11.5 Å². The van der Waals surface area contributed by atoms with E-state index in [1.54, 1.807) is 28.9 Å². The van der Waals surface area contributed by atoms with Crippen molar-refractivity contribution >= 4 is 34.4 Å². The lowest BCUT2D eigenvalue weighted by Gasteiger charge is -2.28. The molecule has 1 aliphatic heterocycles. The molecule has 8 nitrogen and oxygen atoms in total. The lowest BCUT2D eigenvalue weighted by Crippen LogP contribution is -2.36. The standard InChI is InChI=1S/C30H27ClN6O2/c1-18(2)14-27(37-29(38)23-13-8-19(3)15-24(23)30(37)39)28-32-25-6-4-5-7-26(25)35(28)16-21-17-36(34-33-21)22-11-9-20(31)10-12-22/h4-13,15,17-18,27H,14,16H2,1-3H3/t27-/m1/s1. The summed E-state index contributed by atoms with van der Waals surface area (Å²) in [4.78, 5) is 33.6. The number of benzene rings is 3. The lowest BCUT2D eigenvalue weighted by atomic mass is 10.0. The largest absolute Gasteiger partial charge is 0.320 e. The molecule has 9 heteroatoms. The van der Waals surface area contributed by atoms with Gasteiger partial charge in [-0.25, -0.2) is 9.67 Å². The molecule has 0 unspecified atom stereocenters. The highest BCUT2D eigenvalue weighted by Crippen LogP contribution is 2.37. The predicted molar refractivity (Wildman–Crippen MR) is 149 cm³/mol. The van der Waals surface area contributed by atoms with Gasteiger partial charge in [0, 0.05) is 5.02 Å². The van der Waals surface area contributed by atoms with Crippen molar-refractivity contribution in [2.75, 3.05) is 0 Å². The molecular weight excluding hydrogens is 512 g/mol. The molecule has 3 heterocycles. The molecule has 0 fully saturated rings. The van der Waals surface area contributed by atoms with Gasteiger partial charge in [0.25, 0.3) is 11.8 Å². The molecule has 2 aromatic heterocycles. The third-order valence-electron chi connectivity index (χ3n) is 7.01. The van der Waals surface area contributed by atoms with Crippen molar-refractivity contribution in [1.29, 1.82) is 0 Å². The summed E-state index contributed by atoms with van der Waals surface area (Å²) in [5, 5.41) is 9.37. The van der Waals surface area contributed by atoms with E-state index < -0.39 is 6.04 Å². The quantitative estimate of drug-likeness (QED) is 0.237. The third-order valence-corrected chi connectivity index (χ3v) is 7.27. The number of carbonyl (C=O) groups excluding carboxylic acids is 2. The Kier molecular flexibility index (Phi) is 6.27. The number of hydrogen-bond acceptors (Lipinski definition) is 5. The van der Waals surface area contributed by atoms with E-state index >= 15 is 0 Å². The van der Waals surface area contributed by atoms with Crippen molar-refractivity contribution in [3.63, 3.8) is 0 Å². The average molecular weight is 539 g/mol. The van der Waals surface area contributed by atoms with E-state index in [0.29, 0.717) is 34.9 Å². The maximum atomic E-state index is 13.7. The summed E-state index contributed by atoms with van der Waals surface area (Å²) < 4.78 is 3.75. The Bertz CT molecular complexity index is 1720. The smallest absolute Gasteiger partial charge is 0.262 e. The molecule has 1 atom stereocenters. The lowest BCUT2D eigenvalue weighted by molar-refractivity contribution is 0.0553. The Morgan fingerprint density at radius 3 is 2.44 bits per heavy atom. The summed E-state index contributed by atoms with van der Waals surface area (Å²) in [6.07, 6.45) is 2.44. The monoisotopic (exact) mass is 538 g/mol. The number of nitrogens with zero attached hydrogens (tertiary/aromatic N) is 6. The van der Waals surface area contributed by atoms with Gasteiger partial charge in [-0.1, -0.05) is 54.4 Å². The number of imidazole rings is 1. The van der Waals surface area contributed by atoms with Crippen LogP contribution in [0.25, 0.3) is 16.7 Å². The van der Waals surface area contributed by atoms with E-state index in [9.17, 15) is 9.59 Å². The van der Waals surface area contributed by atoms with Crippen LogP contribution in [0.3, 0.4) is 0 Å². The number of hydrogen-bond donors (Lipinski definition) is 0. The predicted octanol–water partition coefficient (Wildman–Crippen LogP) is 6.01. The second-order valence-electron chi connectivity index (χ2n) is 10.4. The number of imide groups is 1. The first-order valence-electron chi connectivity index (χ1n) is 12.9. The normalized spacial score (nSPS) is 14.0. The molecule has 0 aliphatic carbocycles. The van der Waals surface area contributed by atoms with Gasteiger partial charge >= 0.3 is 0 Å². The molecule has 0 radical (unpaired) electrons. The van der Waals surface area contributed by atoms with Crippen molar-refractivity contribution in [2.24, 2.45) is 5.92 Å². The Morgan fingerprint density at radius 1 is 0.923 bits per heavy atom. The number of amides is 2. The van der Waals surface area contributed by atoms with Crippen LogP contribution in [-0.2, 0) is 6.54 Å². The van der Waals surface area contributed by atoms with Crippen LogP contribution in [0.4, 0.5) is 0 Å². The molecule has 39 heavy (non-hydrogen) atoms. The summed E-state index contributed by atoms with van der Waals surface area (Å²) in [5.41, 5.74) is 5.07. The SMILES string of the molecule is Cc1ccc2c(c1)C(=O)N([C@H](CC(C)C)c1nc3ccccc3n1Cc1cn(-c3ccc(Cl)cc3)nn1)C2=O. The van der Waals surface area contributed by atoms with Gasteiger partial charge in [0.2, 0.25) is 0 Å². The van der Waals surface area contributed by atoms with Crippen LogP contribution in [0.1, 0.15) is 64.1 Å². The number of halogens is 1. The number of aromatic nitrogens is 5. The van der Waals surface area contributed by atoms with Crippen LogP contribution >= 0.6 is 11.6 Å². The molecule has 0 bridgehead atoms. The Hall–Kier alpha value is -4.30. The van der Waals surface area contributed by atoms with Gasteiger partial charge in [0.15, 0.2) is 0 Å². The third kappa shape index (κ3) is 4.51. The van der Waals surface area contributed by atoms with Gasteiger partial charge in [-0.05, 0) is 67.8 Å².